The molecule has 7 heteroatoms. The molecule has 1 atom stereocenters. The third-order valence-electron chi connectivity index (χ3n) is 3.15. The maximum absolute atomic E-state index is 11.8. The van der Waals surface area contributed by atoms with Gasteiger partial charge >= 0.3 is 0 Å². The number of carbonyl (C=O) groups excluding carboxylic acids is 1. The molecular weight excluding hydrogens is 328 g/mol. The van der Waals surface area contributed by atoms with Crippen LogP contribution in [0.3, 0.4) is 0 Å². The maximum atomic E-state index is 11.8. The Hall–Kier alpha value is -1.60. The van der Waals surface area contributed by atoms with Crippen LogP contribution >= 0.6 is 23.1 Å². The second-order valence-corrected chi connectivity index (χ2v) is 7.46. The fourth-order valence-electron chi connectivity index (χ4n) is 2.06. The summed E-state index contributed by atoms with van der Waals surface area (Å²) >= 11 is 2.90. The number of hydrogen-bond donors (Lipinski definition) is 2. The summed E-state index contributed by atoms with van der Waals surface area (Å²) in [5, 5.41) is 15.2. The lowest BCUT2D eigenvalue weighted by Crippen LogP contribution is -2.33. The number of nitrogens with one attached hydrogen (secondary N) is 2. The van der Waals surface area contributed by atoms with Crippen molar-refractivity contribution in [1.82, 2.24) is 15.5 Å². The van der Waals surface area contributed by atoms with E-state index in [1.807, 2.05) is 25.1 Å². The van der Waals surface area contributed by atoms with E-state index in [9.17, 15) is 4.79 Å². The largest absolute Gasteiger partial charge is 0.356 e. The van der Waals surface area contributed by atoms with Crippen molar-refractivity contribution in [2.24, 2.45) is 0 Å². The van der Waals surface area contributed by atoms with Crippen LogP contribution in [-0.4, -0.2) is 27.9 Å². The van der Waals surface area contributed by atoms with Gasteiger partial charge in [-0.15, -0.1) is 10.2 Å². The molecule has 1 amide bonds. The van der Waals surface area contributed by atoms with Gasteiger partial charge in [-0.2, -0.15) is 0 Å². The predicted molar refractivity (Wildman–Crippen MR) is 96.9 cm³/mol. The SMILES string of the molecule is CCC[C@@H](C)NC(=O)CSc1nnc(NCc2ccccc2)s1. The van der Waals surface area contributed by atoms with Gasteiger partial charge in [0.05, 0.1) is 5.75 Å². The van der Waals surface area contributed by atoms with Gasteiger partial charge < -0.3 is 10.6 Å². The number of anilines is 1. The van der Waals surface area contributed by atoms with Crippen molar-refractivity contribution >= 4 is 34.1 Å². The zero-order valence-electron chi connectivity index (χ0n) is 13.4. The molecule has 0 aliphatic rings. The number of benzene rings is 1. The minimum Gasteiger partial charge on any atom is -0.356 e. The molecule has 0 aliphatic heterocycles. The van der Waals surface area contributed by atoms with Crippen LogP contribution in [0.5, 0.6) is 0 Å². The lowest BCUT2D eigenvalue weighted by atomic mass is 10.2. The van der Waals surface area contributed by atoms with Gasteiger partial charge in [0.1, 0.15) is 0 Å². The maximum Gasteiger partial charge on any atom is 0.230 e. The normalized spacial score (nSPS) is 11.9. The van der Waals surface area contributed by atoms with E-state index in [1.54, 1.807) is 0 Å². The first-order valence-corrected chi connectivity index (χ1v) is 9.51. The van der Waals surface area contributed by atoms with Crippen LogP contribution < -0.4 is 10.6 Å². The van der Waals surface area contributed by atoms with Gasteiger partial charge in [-0.1, -0.05) is 66.8 Å². The van der Waals surface area contributed by atoms with E-state index in [2.05, 4.69) is 39.9 Å². The van der Waals surface area contributed by atoms with Crippen LogP contribution in [0.1, 0.15) is 32.3 Å². The van der Waals surface area contributed by atoms with E-state index < -0.39 is 0 Å². The molecule has 0 aliphatic carbocycles. The molecule has 0 bridgehead atoms. The van der Waals surface area contributed by atoms with Crippen molar-refractivity contribution in [3.63, 3.8) is 0 Å². The Kier molecular flexibility index (Phi) is 7.35. The van der Waals surface area contributed by atoms with Crippen molar-refractivity contribution in [2.75, 3.05) is 11.1 Å². The van der Waals surface area contributed by atoms with Gasteiger partial charge in [-0.05, 0) is 18.9 Å². The van der Waals surface area contributed by atoms with Crippen molar-refractivity contribution in [3.05, 3.63) is 35.9 Å². The molecule has 0 saturated carbocycles. The van der Waals surface area contributed by atoms with E-state index in [0.717, 1.165) is 28.9 Å². The van der Waals surface area contributed by atoms with Gasteiger partial charge in [0.2, 0.25) is 11.0 Å². The summed E-state index contributed by atoms with van der Waals surface area (Å²) in [7, 11) is 0. The van der Waals surface area contributed by atoms with Crippen LogP contribution in [0.2, 0.25) is 0 Å². The summed E-state index contributed by atoms with van der Waals surface area (Å²) in [6, 6.07) is 10.4. The third kappa shape index (κ3) is 6.58. The molecule has 0 saturated heterocycles. The van der Waals surface area contributed by atoms with Crippen LogP contribution in [0.4, 0.5) is 5.13 Å². The Balaban J connectivity index is 1.73. The van der Waals surface area contributed by atoms with Crippen LogP contribution in [0.15, 0.2) is 34.7 Å². The summed E-state index contributed by atoms with van der Waals surface area (Å²) in [6.07, 6.45) is 2.07. The van der Waals surface area contributed by atoms with Gasteiger partial charge in [0, 0.05) is 12.6 Å². The van der Waals surface area contributed by atoms with Crippen LogP contribution in [0, 0.1) is 0 Å². The molecule has 0 radical (unpaired) electrons. The average Bonchev–Trinajstić information content (AvgIpc) is 3.00. The zero-order valence-corrected chi connectivity index (χ0v) is 15.0. The smallest absolute Gasteiger partial charge is 0.230 e. The van der Waals surface area contributed by atoms with Crippen molar-refractivity contribution in [1.29, 1.82) is 0 Å². The predicted octanol–water partition coefficient (Wildman–Crippen LogP) is 3.55. The monoisotopic (exact) mass is 350 g/mol. The highest BCUT2D eigenvalue weighted by Crippen LogP contribution is 2.25. The average molecular weight is 351 g/mol. The summed E-state index contributed by atoms with van der Waals surface area (Å²) in [6.45, 7) is 4.86. The Morgan fingerprint density at radius 2 is 2.09 bits per heavy atom. The number of carbonyl (C=O) groups is 1. The summed E-state index contributed by atoms with van der Waals surface area (Å²) in [4.78, 5) is 11.8. The summed E-state index contributed by atoms with van der Waals surface area (Å²) < 4.78 is 0.804. The van der Waals surface area contributed by atoms with Crippen molar-refractivity contribution in [3.8, 4) is 0 Å². The minimum absolute atomic E-state index is 0.0462. The number of aromatic nitrogens is 2. The van der Waals surface area contributed by atoms with E-state index in [1.165, 1.54) is 28.7 Å². The quantitative estimate of drug-likeness (QED) is 0.677. The number of hydrogen-bond acceptors (Lipinski definition) is 6. The van der Waals surface area contributed by atoms with Crippen molar-refractivity contribution < 1.29 is 4.79 Å². The first-order chi connectivity index (χ1) is 11.2. The number of nitrogens with zero attached hydrogens (tertiary/aromatic N) is 2. The highest BCUT2D eigenvalue weighted by Gasteiger charge is 2.10. The molecule has 2 N–H and O–H groups in total. The van der Waals surface area contributed by atoms with Crippen molar-refractivity contribution in [2.45, 2.75) is 43.6 Å². The highest BCUT2D eigenvalue weighted by molar-refractivity contribution is 8.01. The first kappa shape index (κ1) is 17.7. The zero-order chi connectivity index (χ0) is 16.5. The fourth-order valence-corrected chi connectivity index (χ4v) is 3.62. The summed E-state index contributed by atoms with van der Waals surface area (Å²) in [5.41, 5.74) is 1.20. The van der Waals surface area contributed by atoms with E-state index in [-0.39, 0.29) is 11.9 Å². The summed E-state index contributed by atoms with van der Waals surface area (Å²) in [5.74, 6) is 0.423. The molecule has 1 heterocycles. The van der Waals surface area contributed by atoms with E-state index >= 15 is 0 Å². The Bertz CT molecular complexity index is 603. The number of rotatable bonds is 9. The second kappa shape index (κ2) is 9.52. The molecular formula is C16H22N4OS2. The molecule has 124 valence electrons. The van der Waals surface area contributed by atoms with Gasteiger partial charge in [-0.3, -0.25) is 4.79 Å². The van der Waals surface area contributed by atoms with Gasteiger partial charge in [-0.25, -0.2) is 0 Å². The Morgan fingerprint density at radius 1 is 1.30 bits per heavy atom. The Labute approximate surface area is 145 Å². The van der Waals surface area contributed by atoms with E-state index in [0.29, 0.717) is 5.75 Å². The highest BCUT2D eigenvalue weighted by atomic mass is 32.2. The topological polar surface area (TPSA) is 66.9 Å². The molecule has 0 fully saturated rings. The number of amides is 1. The fraction of sp³-hybridized carbons (Fsp3) is 0.438. The molecule has 23 heavy (non-hydrogen) atoms. The molecule has 0 spiro atoms. The van der Waals surface area contributed by atoms with Crippen LogP contribution in [0.25, 0.3) is 0 Å². The lowest BCUT2D eigenvalue weighted by Gasteiger charge is -2.11. The molecule has 5 nitrogen and oxygen atoms in total. The minimum atomic E-state index is 0.0462. The molecule has 2 aromatic rings. The number of thioether (sulfide) groups is 1. The van der Waals surface area contributed by atoms with E-state index in [4.69, 9.17) is 0 Å². The third-order valence-corrected chi connectivity index (χ3v) is 5.16. The molecule has 1 aromatic carbocycles. The standard InChI is InChI=1S/C16H22N4OS2/c1-3-7-12(2)18-14(21)11-22-16-20-19-15(23-16)17-10-13-8-5-4-6-9-13/h4-6,8-9,12H,3,7,10-11H2,1-2H3,(H,17,19)(H,18,21)/t12-/m1/s1. The molecule has 2 rings (SSSR count). The lowest BCUT2D eigenvalue weighted by molar-refractivity contribution is -0.119. The van der Waals surface area contributed by atoms with Gasteiger partial charge in [0.15, 0.2) is 4.34 Å². The second-order valence-electron chi connectivity index (χ2n) is 5.26. The molecule has 1 aromatic heterocycles. The molecule has 0 unspecified atom stereocenters. The Morgan fingerprint density at radius 3 is 2.83 bits per heavy atom. The first-order valence-electron chi connectivity index (χ1n) is 7.71. The van der Waals surface area contributed by atoms with Crippen LogP contribution in [-0.2, 0) is 11.3 Å². The van der Waals surface area contributed by atoms with Gasteiger partial charge in [0.25, 0.3) is 0 Å².